The smallest absolute Gasteiger partial charge is 0.104 e. The van der Waals surface area contributed by atoms with Crippen LogP contribution in [0.5, 0.6) is 0 Å². The van der Waals surface area contributed by atoms with Crippen LogP contribution < -0.4 is 11.1 Å². The van der Waals surface area contributed by atoms with E-state index in [0.717, 1.165) is 28.2 Å². The average molecular weight is 263 g/mol. The lowest BCUT2D eigenvalue weighted by atomic mass is 10.2. The lowest BCUT2D eigenvalue weighted by molar-refractivity contribution is 1.17. The van der Waals surface area contributed by atoms with Gasteiger partial charge in [0.15, 0.2) is 0 Å². The predicted octanol–water partition coefficient (Wildman–Crippen LogP) is 3.07. The molecule has 1 aromatic heterocycles. The summed E-state index contributed by atoms with van der Waals surface area (Å²) >= 11 is 0. The number of hydrogen-bond acceptors (Lipinski definition) is 4. The highest BCUT2D eigenvalue weighted by Crippen LogP contribution is 2.26. The molecule has 1 heterocycles. The lowest BCUT2D eigenvalue weighted by Gasteiger charge is -2.09. The Morgan fingerprint density at radius 1 is 1.25 bits per heavy atom. The minimum absolute atomic E-state index is 0.570. The van der Waals surface area contributed by atoms with Crippen LogP contribution in [0.3, 0.4) is 0 Å². The van der Waals surface area contributed by atoms with E-state index in [0.29, 0.717) is 11.3 Å². The lowest BCUT2D eigenvalue weighted by Crippen LogP contribution is -1.96. The molecule has 98 valence electrons. The molecular weight excluding hydrogens is 250 g/mol. The van der Waals surface area contributed by atoms with Gasteiger partial charge in [0.25, 0.3) is 0 Å². The Balaban J connectivity index is 1.98. The fourth-order valence-corrected chi connectivity index (χ4v) is 2.10. The van der Waals surface area contributed by atoms with Crippen molar-refractivity contribution in [2.75, 3.05) is 11.1 Å². The number of imidazole rings is 1. The van der Waals surface area contributed by atoms with Gasteiger partial charge in [0.05, 0.1) is 34.0 Å². The van der Waals surface area contributed by atoms with Crippen molar-refractivity contribution < 1.29 is 0 Å². The molecule has 0 aliphatic heterocycles. The molecule has 0 spiro atoms. The van der Waals surface area contributed by atoms with Gasteiger partial charge in [0.2, 0.25) is 0 Å². The van der Waals surface area contributed by atoms with E-state index in [4.69, 9.17) is 11.0 Å². The Labute approximate surface area is 116 Å². The molecule has 0 unspecified atom stereocenters. The summed E-state index contributed by atoms with van der Waals surface area (Å²) < 4.78 is 0. The molecule has 2 aromatic carbocycles. The van der Waals surface area contributed by atoms with Crippen LogP contribution in [-0.2, 0) is 0 Å². The van der Waals surface area contributed by atoms with Crippen molar-refractivity contribution in [3.8, 4) is 6.07 Å². The van der Waals surface area contributed by atoms with Gasteiger partial charge in [0.1, 0.15) is 5.82 Å². The number of anilines is 3. The molecular formula is C15H13N5. The molecule has 3 aromatic rings. The SMILES string of the molecule is Cc1nc2ccc(Nc3cc(C#N)ccc3N)cc2[nH]1. The molecule has 0 bridgehead atoms. The average Bonchev–Trinajstić information content (AvgIpc) is 2.80. The summed E-state index contributed by atoms with van der Waals surface area (Å²) in [5.41, 5.74) is 10.6. The van der Waals surface area contributed by atoms with E-state index in [1.54, 1.807) is 18.2 Å². The van der Waals surface area contributed by atoms with E-state index < -0.39 is 0 Å². The van der Waals surface area contributed by atoms with Crippen molar-refractivity contribution in [2.45, 2.75) is 6.92 Å². The van der Waals surface area contributed by atoms with Crippen LogP contribution in [0.25, 0.3) is 11.0 Å². The maximum atomic E-state index is 8.93. The van der Waals surface area contributed by atoms with Gasteiger partial charge in [0, 0.05) is 5.69 Å². The van der Waals surface area contributed by atoms with Crippen LogP contribution in [0.1, 0.15) is 11.4 Å². The number of nitrogens with one attached hydrogen (secondary N) is 2. The number of nitrogen functional groups attached to an aromatic ring is 1. The normalized spacial score (nSPS) is 10.4. The quantitative estimate of drug-likeness (QED) is 0.620. The van der Waals surface area contributed by atoms with Crippen molar-refractivity contribution in [2.24, 2.45) is 0 Å². The van der Waals surface area contributed by atoms with Crippen LogP contribution in [-0.4, -0.2) is 9.97 Å². The highest BCUT2D eigenvalue weighted by Gasteiger charge is 2.04. The second kappa shape index (κ2) is 4.59. The number of nitrogens with zero attached hydrogens (tertiary/aromatic N) is 2. The molecule has 0 aliphatic carbocycles. The number of H-pyrrole nitrogens is 1. The molecule has 0 atom stereocenters. The van der Waals surface area contributed by atoms with Gasteiger partial charge in [-0.15, -0.1) is 0 Å². The third-order valence-corrected chi connectivity index (χ3v) is 3.06. The Bertz CT molecular complexity index is 826. The summed E-state index contributed by atoms with van der Waals surface area (Å²) in [5.74, 6) is 0.878. The summed E-state index contributed by atoms with van der Waals surface area (Å²) in [5, 5.41) is 12.2. The fourth-order valence-electron chi connectivity index (χ4n) is 2.10. The molecule has 5 heteroatoms. The number of aryl methyl sites for hydroxylation is 1. The first-order valence-corrected chi connectivity index (χ1v) is 6.19. The first-order valence-electron chi connectivity index (χ1n) is 6.19. The van der Waals surface area contributed by atoms with Crippen LogP contribution in [0, 0.1) is 18.3 Å². The molecule has 0 saturated heterocycles. The number of nitriles is 1. The molecule has 0 amide bonds. The number of hydrogen-bond donors (Lipinski definition) is 3. The zero-order valence-corrected chi connectivity index (χ0v) is 10.9. The Hall–Kier alpha value is -3.00. The third kappa shape index (κ3) is 2.15. The molecule has 0 saturated carbocycles. The van der Waals surface area contributed by atoms with Crippen LogP contribution >= 0.6 is 0 Å². The molecule has 5 nitrogen and oxygen atoms in total. The van der Waals surface area contributed by atoms with E-state index >= 15 is 0 Å². The molecule has 0 aliphatic rings. The van der Waals surface area contributed by atoms with Gasteiger partial charge in [-0.3, -0.25) is 0 Å². The van der Waals surface area contributed by atoms with Crippen molar-refractivity contribution >= 4 is 28.1 Å². The van der Waals surface area contributed by atoms with Crippen molar-refractivity contribution in [1.29, 1.82) is 5.26 Å². The highest BCUT2D eigenvalue weighted by atomic mass is 14.9. The molecule has 3 rings (SSSR count). The van der Waals surface area contributed by atoms with Gasteiger partial charge < -0.3 is 16.0 Å². The molecule has 0 fully saturated rings. The second-order valence-corrected chi connectivity index (χ2v) is 4.59. The minimum Gasteiger partial charge on any atom is -0.397 e. The summed E-state index contributed by atoms with van der Waals surface area (Å²) in [7, 11) is 0. The zero-order chi connectivity index (χ0) is 14.1. The standard InChI is InChI=1S/C15H13N5/c1-9-18-13-5-3-11(7-15(13)19-9)20-14-6-10(8-16)2-4-12(14)17/h2-7,20H,17H2,1H3,(H,18,19). The first-order chi connectivity index (χ1) is 9.65. The number of rotatable bonds is 2. The highest BCUT2D eigenvalue weighted by molar-refractivity contribution is 5.82. The van der Waals surface area contributed by atoms with Gasteiger partial charge in [-0.2, -0.15) is 5.26 Å². The van der Waals surface area contributed by atoms with E-state index in [1.807, 2.05) is 25.1 Å². The summed E-state index contributed by atoms with van der Waals surface area (Å²) in [4.78, 5) is 7.54. The van der Waals surface area contributed by atoms with Crippen LogP contribution in [0.2, 0.25) is 0 Å². The first kappa shape index (κ1) is 12.1. The summed E-state index contributed by atoms with van der Waals surface area (Å²) in [6.45, 7) is 1.92. The fraction of sp³-hybridized carbons (Fsp3) is 0.0667. The molecule has 4 N–H and O–H groups in total. The van der Waals surface area contributed by atoms with Crippen molar-refractivity contribution in [3.05, 3.63) is 47.8 Å². The van der Waals surface area contributed by atoms with Gasteiger partial charge >= 0.3 is 0 Å². The maximum absolute atomic E-state index is 8.93. The van der Waals surface area contributed by atoms with Crippen molar-refractivity contribution in [1.82, 2.24) is 9.97 Å². The number of nitrogens with two attached hydrogens (primary N) is 1. The molecule has 20 heavy (non-hydrogen) atoms. The van der Waals surface area contributed by atoms with Gasteiger partial charge in [-0.1, -0.05) is 0 Å². The summed E-state index contributed by atoms with van der Waals surface area (Å²) in [6.07, 6.45) is 0. The maximum Gasteiger partial charge on any atom is 0.104 e. The largest absolute Gasteiger partial charge is 0.397 e. The summed E-state index contributed by atoms with van der Waals surface area (Å²) in [6, 6.07) is 13.1. The topological polar surface area (TPSA) is 90.5 Å². The molecule has 0 radical (unpaired) electrons. The van der Waals surface area contributed by atoms with E-state index in [1.165, 1.54) is 0 Å². The Kier molecular flexibility index (Phi) is 2.77. The van der Waals surface area contributed by atoms with Crippen LogP contribution in [0.4, 0.5) is 17.1 Å². The van der Waals surface area contributed by atoms with Crippen molar-refractivity contribution in [3.63, 3.8) is 0 Å². The zero-order valence-electron chi connectivity index (χ0n) is 10.9. The number of aromatic amines is 1. The van der Waals surface area contributed by atoms with E-state index in [9.17, 15) is 0 Å². The Morgan fingerprint density at radius 3 is 2.90 bits per heavy atom. The minimum atomic E-state index is 0.570. The monoisotopic (exact) mass is 263 g/mol. The van der Waals surface area contributed by atoms with Crippen LogP contribution in [0.15, 0.2) is 36.4 Å². The third-order valence-electron chi connectivity index (χ3n) is 3.06. The predicted molar refractivity (Wildman–Crippen MR) is 79.7 cm³/mol. The number of benzene rings is 2. The van der Waals surface area contributed by atoms with E-state index in [-0.39, 0.29) is 0 Å². The second-order valence-electron chi connectivity index (χ2n) is 4.59. The van der Waals surface area contributed by atoms with E-state index in [2.05, 4.69) is 21.4 Å². The van der Waals surface area contributed by atoms with Gasteiger partial charge in [-0.25, -0.2) is 4.98 Å². The Morgan fingerprint density at radius 2 is 2.10 bits per heavy atom. The number of fused-ring (bicyclic) bond motifs is 1. The number of aromatic nitrogens is 2. The van der Waals surface area contributed by atoms with Gasteiger partial charge in [-0.05, 0) is 43.3 Å².